The Bertz CT molecular complexity index is 811. The molecule has 2 aromatic heterocycles. The highest BCUT2D eigenvalue weighted by atomic mass is 16.3. The third-order valence-electron chi connectivity index (χ3n) is 5.20. The second kappa shape index (κ2) is 5.98. The first kappa shape index (κ1) is 16.3. The first-order chi connectivity index (χ1) is 12.0. The van der Waals surface area contributed by atoms with Crippen molar-refractivity contribution >= 4 is 22.8 Å². The molecule has 7 nitrogen and oxygen atoms in total. The zero-order valence-corrected chi connectivity index (χ0v) is 15.1. The van der Waals surface area contributed by atoms with Crippen molar-refractivity contribution in [3.05, 3.63) is 17.7 Å². The van der Waals surface area contributed by atoms with Crippen LogP contribution < -0.4 is 5.32 Å². The molecular weight excluding hydrogens is 318 g/mol. The number of rotatable bonds is 3. The Hall–Kier alpha value is -2.15. The number of aryl methyl sites for hydroxylation is 1. The SMILES string of the molecule is Cc1nc(NC2(C)CC2)c2c(C(=O)N3CCCN(C)CC3)coc2n1. The monoisotopic (exact) mass is 343 g/mol. The number of likely N-dealkylation sites (N-methyl/N-ethyl adjacent to an activating group) is 1. The molecule has 1 aliphatic carbocycles. The van der Waals surface area contributed by atoms with Gasteiger partial charge in [-0.3, -0.25) is 4.79 Å². The van der Waals surface area contributed by atoms with Crippen LogP contribution in [0.2, 0.25) is 0 Å². The summed E-state index contributed by atoms with van der Waals surface area (Å²) in [5.41, 5.74) is 1.11. The molecule has 2 aromatic rings. The van der Waals surface area contributed by atoms with Gasteiger partial charge in [-0.05, 0) is 46.7 Å². The van der Waals surface area contributed by atoms with E-state index in [1.807, 2.05) is 11.8 Å². The number of anilines is 1. The summed E-state index contributed by atoms with van der Waals surface area (Å²) in [6.45, 7) is 7.42. The van der Waals surface area contributed by atoms with Gasteiger partial charge in [-0.25, -0.2) is 4.98 Å². The Kier molecular flexibility index (Phi) is 3.91. The molecule has 0 radical (unpaired) electrons. The lowest BCUT2D eigenvalue weighted by Crippen LogP contribution is -2.34. The molecule has 0 spiro atoms. The van der Waals surface area contributed by atoms with Crippen molar-refractivity contribution in [2.24, 2.45) is 0 Å². The minimum absolute atomic E-state index is 0.00510. The topological polar surface area (TPSA) is 74.5 Å². The third-order valence-corrected chi connectivity index (χ3v) is 5.20. The smallest absolute Gasteiger partial charge is 0.258 e. The van der Waals surface area contributed by atoms with Crippen molar-refractivity contribution in [3.8, 4) is 0 Å². The lowest BCUT2D eigenvalue weighted by Gasteiger charge is -2.20. The van der Waals surface area contributed by atoms with Crippen LogP contribution in [0.15, 0.2) is 10.7 Å². The molecule has 4 rings (SSSR count). The molecule has 3 heterocycles. The standard InChI is InChI=1S/C18H25N5O2/c1-12-19-15(21-18(2)5-6-18)14-13(11-25-16(14)20-12)17(24)23-8-4-7-22(3)9-10-23/h11H,4-10H2,1-3H3,(H,19,20,21). The van der Waals surface area contributed by atoms with E-state index in [9.17, 15) is 4.79 Å². The summed E-state index contributed by atoms with van der Waals surface area (Å²) >= 11 is 0. The van der Waals surface area contributed by atoms with Crippen LogP contribution >= 0.6 is 0 Å². The van der Waals surface area contributed by atoms with Gasteiger partial charge in [-0.1, -0.05) is 0 Å². The quantitative estimate of drug-likeness (QED) is 0.921. The Balaban J connectivity index is 1.70. The van der Waals surface area contributed by atoms with Crippen LogP contribution in [0.4, 0.5) is 5.82 Å². The predicted octanol–water partition coefficient (Wildman–Crippen LogP) is 2.27. The molecule has 1 N–H and O–H groups in total. The Morgan fingerprint density at radius 2 is 2.04 bits per heavy atom. The van der Waals surface area contributed by atoms with E-state index in [0.29, 0.717) is 28.3 Å². The molecule has 0 aromatic carbocycles. The van der Waals surface area contributed by atoms with Crippen LogP contribution in [0.3, 0.4) is 0 Å². The molecule has 0 atom stereocenters. The number of furan rings is 1. The van der Waals surface area contributed by atoms with E-state index in [4.69, 9.17) is 4.42 Å². The van der Waals surface area contributed by atoms with E-state index in [0.717, 1.165) is 45.4 Å². The van der Waals surface area contributed by atoms with Crippen molar-refractivity contribution in [1.82, 2.24) is 19.8 Å². The van der Waals surface area contributed by atoms with Gasteiger partial charge in [0.1, 0.15) is 17.9 Å². The molecule has 1 saturated carbocycles. The van der Waals surface area contributed by atoms with Crippen molar-refractivity contribution in [2.75, 3.05) is 38.5 Å². The fourth-order valence-electron chi connectivity index (χ4n) is 3.31. The molecule has 0 bridgehead atoms. The third kappa shape index (κ3) is 3.20. The summed E-state index contributed by atoms with van der Waals surface area (Å²) in [7, 11) is 2.09. The lowest BCUT2D eigenvalue weighted by atomic mass is 10.2. The van der Waals surface area contributed by atoms with Gasteiger partial charge in [0.2, 0.25) is 5.71 Å². The normalized spacial score (nSPS) is 20.5. The van der Waals surface area contributed by atoms with E-state index in [1.54, 1.807) is 0 Å². The molecular formula is C18H25N5O2. The summed E-state index contributed by atoms with van der Waals surface area (Å²) in [6.07, 6.45) is 4.74. The van der Waals surface area contributed by atoms with Crippen LogP contribution in [0.25, 0.3) is 11.1 Å². The van der Waals surface area contributed by atoms with E-state index in [-0.39, 0.29) is 11.4 Å². The number of nitrogens with zero attached hydrogens (tertiary/aromatic N) is 4. The van der Waals surface area contributed by atoms with Crippen molar-refractivity contribution < 1.29 is 9.21 Å². The van der Waals surface area contributed by atoms with Gasteiger partial charge < -0.3 is 19.5 Å². The first-order valence-corrected chi connectivity index (χ1v) is 8.97. The second-order valence-electron chi connectivity index (χ2n) is 7.58. The predicted molar refractivity (Wildman–Crippen MR) is 95.8 cm³/mol. The van der Waals surface area contributed by atoms with Crippen LogP contribution in [0, 0.1) is 6.92 Å². The number of aromatic nitrogens is 2. The summed E-state index contributed by atoms with van der Waals surface area (Å²) < 4.78 is 5.62. The minimum atomic E-state index is 0.00510. The van der Waals surface area contributed by atoms with E-state index >= 15 is 0 Å². The summed E-state index contributed by atoms with van der Waals surface area (Å²) in [6, 6.07) is 0. The second-order valence-corrected chi connectivity index (χ2v) is 7.58. The largest absolute Gasteiger partial charge is 0.445 e. The Morgan fingerprint density at radius 3 is 2.80 bits per heavy atom. The number of hydrogen-bond acceptors (Lipinski definition) is 6. The highest BCUT2D eigenvalue weighted by molar-refractivity contribution is 6.09. The van der Waals surface area contributed by atoms with Crippen LogP contribution in [-0.2, 0) is 0 Å². The molecule has 0 unspecified atom stereocenters. The van der Waals surface area contributed by atoms with Gasteiger partial charge >= 0.3 is 0 Å². The minimum Gasteiger partial charge on any atom is -0.445 e. The number of carbonyl (C=O) groups excluding carboxylic acids is 1. The zero-order valence-electron chi connectivity index (χ0n) is 15.1. The fraction of sp³-hybridized carbons (Fsp3) is 0.611. The van der Waals surface area contributed by atoms with E-state index in [1.165, 1.54) is 6.26 Å². The van der Waals surface area contributed by atoms with E-state index in [2.05, 4.69) is 34.2 Å². The van der Waals surface area contributed by atoms with Crippen LogP contribution in [0.1, 0.15) is 42.4 Å². The van der Waals surface area contributed by atoms with Crippen molar-refractivity contribution in [1.29, 1.82) is 0 Å². The van der Waals surface area contributed by atoms with Crippen LogP contribution in [0.5, 0.6) is 0 Å². The number of nitrogens with one attached hydrogen (secondary N) is 1. The molecule has 134 valence electrons. The summed E-state index contributed by atoms with van der Waals surface area (Å²) in [5, 5.41) is 4.20. The molecule has 25 heavy (non-hydrogen) atoms. The van der Waals surface area contributed by atoms with Gasteiger partial charge in [0.15, 0.2) is 0 Å². The number of carbonyl (C=O) groups is 1. The highest BCUT2D eigenvalue weighted by Gasteiger charge is 2.38. The van der Waals surface area contributed by atoms with E-state index < -0.39 is 0 Å². The maximum absolute atomic E-state index is 13.1. The fourth-order valence-corrected chi connectivity index (χ4v) is 3.31. The maximum atomic E-state index is 13.1. The van der Waals surface area contributed by atoms with Gasteiger partial charge in [0, 0.05) is 25.2 Å². The average molecular weight is 343 g/mol. The molecule has 2 fully saturated rings. The molecule has 2 aliphatic rings. The van der Waals surface area contributed by atoms with Crippen LogP contribution in [-0.4, -0.2) is 64.4 Å². The van der Waals surface area contributed by atoms with Crippen molar-refractivity contribution in [2.45, 2.75) is 38.6 Å². The average Bonchev–Trinajstić information content (AvgIpc) is 3.19. The maximum Gasteiger partial charge on any atom is 0.258 e. The Labute approximate surface area is 147 Å². The molecule has 7 heteroatoms. The Morgan fingerprint density at radius 1 is 1.24 bits per heavy atom. The lowest BCUT2D eigenvalue weighted by molar-refractivity contribution is 0.0764. The van der Waals surface area contributed by atoms with Gasteiger partial charge in [0.05, 0.1) is 10.9 Å². The summed E-state index contributed by atoms with van der Waals surface area (Å²) in [4.78, 5) is 26.2. The first-order valence-electron chi connectivity index (χ1n) is 8.97. The highest BCUT2D eigenvalue weighted by Crippen LogP contribution is 2.40. The number of hydrogen-bond donors (Lipinski definition) is 1. The zero-order chi connectivity index (χ0) is 17.6. The van der Waals surface area contributed by atoms with Gasteiger partial charge in [0.25, 0.3) is 5.91 Å². The summed E-state index contributed by atoms with van der Waals surface area (Å²) in [5.74, 6) is 1.36. The molecule has 1 amide bonds. The van der Waals surface area contributed by atoms with Gasteiger partial charge in [-0.2, -0.15) is 4.98 Å². The van der Waals surface area contributed by atoms with Crippen molar-refractivity contribution in [3.63, 3.8) is 0 Å². The molecule has 1 aliphatic heterocycles. The number of fused-ring (bicyclic) bond motifs is 1. The number of amides is 1. The van der Waals surface area contributed by atoms with Gasteiger partial charge in [-0.15, -0.1) is 0 Å². The molecule has 1 saturated heterocycles.